The van der Waals surface area contributed by atoms with Crippen LogP contribution in [0.2, 0.25) is 0 Å². The number of hydrogen-bond acceptors (Lipinski definition) is 6. The minimum absolute atomic E-state index is 0.0751. The molecule has 7 rings (SSSR count). The summed E-state index contributed by atoms with van der Waals surface area (Å²) < 4.78 is 42.2. The highest BCUT2D eigenvalue weighted by Crippen LogP contribution is 2.48. The number of nitrogens with one attached hydrogen (secondary N) is 1. The smallest absolute Gasteiger partial charge is 0.264 e. The molecule has 4 unspecified atom stereocenters. The predicted octanol–water partition coefficient (Wildman–Crippen LogP) is 6.31. The van der Waals surface area contributed by atoms with E-state index in [4.69, 9.17) is 9.47 Å². The lowest BCUT2D eigenvalue weighted by Crippen LogP contribution is -2.52. The molecule has 3 heterocycles. The molecule has 1 spiro atoms. The Labute approximate surface area is 262 Å². The summed E-state index contributed by atoms with van der Waals surface area (Å²) >= 11 is 0. The zero-order valence-corrected chi connectivity index (χ0v) is 26.7. The topological polar surface area (TPSA) is 84.9 Å². The maximum Gasteiger partial charge on any atom is 0.264 e. The van der Waals surface area contributed by atoms with Crippen LogP contribution in [0.25, 0.3) is 0 Å². The summed E-state index contributed by atoms with van der Waals surface area (Å²) in [5, 5.41) is -0.685. The Bertz CT molecular complexity index is 1520. The van der Waals surface area contributed by atoms with Crippen LogP contribution in [0.4, 0.5) is 5.69 Å². The average Bonchev–Trinajstić information content (AvgIpc) is 3.46. The summed E-state index contributed by atoms with van der Waals surface area (Å²) in [5.41, 5.74) is 3.88. The van der Waals surface area contributed by atoms with Crippen molar-refractivity contribution in [3.8, 4) is 5.75 Å². The molecule has 5 aliphatic rings. The number of rotatable bonds is 2. The Kier molecular flexibility index (Phi) is 8.25. The standard InChI is InChI=1S/C36H46N2O5S/c1-25-31-17-15-26(31)9-3-2-4-13-30(22-29-12-8-20-42-29)44(40,41)37-35(39)28-16-18-34-33(21-28)38(25)23-36(24-43-34)19-7-11-27-10-5-6-14-32(27)36/h2-3,5-6,10,14,16,18,21,25-26,29-31H,4,7-9,11-13,15,17,19-20,22-24H2,1H3,(H,37,39)/b3-2-/t25-,26?,29+,30?,31?,36?/m1/s1. The van der Waals surface area contributed by atoms with Crippen LogP contribution >= 0.6 is 0 Å². The normalized spacial score (nSPS) is 34.1. The summed E-state index contributed by atoms with van der Waals surface area (Å²) in [6.07, 6.45) is 14.4. The van der Waals surface area contributed by atoms with Crippen LogP contribution in [0.5, 0.6) is 5.75 Å². The second kappa shape index (κ2) is 12.2. The van der Waals surface area contributed by atoms with Crippen molar-refractivity contribution >= 4 is 21.6 Å². The van der Waals surface area contributed by atoms with Crippen molar-refractivity contribution in [3.63, 3.8) is 0 Å². The Hall–Kier alpha value is -2.84. The maximum atomic E-state index is 13.7. The van der Waals surface area contributed by atoms with Crippen molar-refractivity contribution in [1.82, 2.24) is 4.72 Å². The molecular weight excluding hydrogens is 572 g/mol. The first-order valence-electron chi connectivity index (χ1n) is 16.8. The van der Waals surface area contributed by atoms with Crippen molar-refractivity contribution < 1.29 is 22.7 Å². The summed E-state index contributed by atoms with van der Waals surface area (Å²) in [6.45, 7) is 4.41. The SMILES string of the molecule is C[C@@H]1C2CCC2C/C=C\CCC(C[C@@H]2CCCO2)S(=O)(=O)NC(=O)c2ccc3c(c2)N1CC1(CCCc2ccccc21)CO3. The van der Waals surface area contributed by atoms with Crippen LogP contribution in [0, 0.1) is 11.8 Å². The highest BCUT2D eigenvalue weighted by Gasteiger charge is 2.45. The van der Waals surface area contributed by atoms with E-state index in [0.717, 1.165) is 56.5 Å². The maximum absolute atomic E-state index is 13.7. The number of ether oxygens (including phenoxy) is 2. The third kappa shape index (κ3) is 5.68. The van der Waals surface area contributed by atoms with Gasteiger partial charge in [-0.15, -0.1) is 0 Å². The van der Waals surface area contributed by atoms with Crippen molar-refractivity contribution in [1.29, 1.82) is 0 Å². The van der Waals surface area contributed by atoms with Gasteiger partial charge < -0.3 is 14.4 Å². The summed E-state index contributed by atoms with van der Waals surface area (Å²) in [5.74, 6) is 1.32. The minimum Gasteiger partial charge on any atom is -0.490 e. The Morgan fingerprint density at radius 3 is 2.75 bits per heavy atom. The number of anilines is 1. The molecule has 1 saturated heterocycles. The fourth-order valence-electron chi connectivity index (χ4n) is 8.58. The number of carbonyl (C=O) groups is 1. The van der Waals surface area contributed by atoms with Gasteiger partial charge in [-0.1, -0.05) is 36.4 Å². The molecule has 1 saturated carbocycles. The second-order valence-electron chi connectivity index (χ2n) is 13.9. The minimum atomic E-state index is -3.91. The van der Waals surface area contributed by atoms with Crippen molar-refractivity contribution in [2.75, 3.05) is 24.7 Å². The summed E-state index contributed by atoms with van der Waals surface area (Å²) in [6, 6.07) is 14.5. The van der Waals surface area contributed by atoms with E-state index in [2.05, 4.69) is 53.0 Å². The molecule has 2 aliphatic carbocycles. The van der Waals surface area contributed by atoms with Crippen LogP contribution in [0.3, 0.4) is 0 Å². The first-order chi connectivity index (χ1) is 21.3. The summed E-state index contributed by atoms with van der Waals surface area (Å²) in [4.78, 5) is 16.2. The second-order valence-corrected chi connectivity index (χ2v) is 15.8. The van der Waals surface area contributed by atoms with E-state index in [-0.39, 0.29) is 17.6 Å². The number of benzene rings is 2. The molecule has 0 aromatic heterocycles. The number of amides is 1. The molecule has 2 fully saturated rings. The third-order valence-electron chi connectivity index (χ3n) is 11.3. The Balaban J connectivity index is 1.26. The van der Waals surface area contributed by atoms with Crippen molar-refractivity contribution in [2.45, 2.75) is 100 Å². The van der Waals surface area contributed by atoms with Gasteiger partial charge >= 0.3 is 0 Å². The molecular formula is C36H46N2O5S. The zero-order chi connectivity index (χ0) is 30.3. The Morgan fingerprint density at radius 1 is 1.05 bits per heavy atom. The van der Waals surface area contributed by atoms with Gasteiger partial charge in [0.15, 0.2) is 0 Å². The van der Waals surface area contributed by atoms with Gasteiger partial charge in [0.05, 0.1) is 23.6 Å². The van der Waals surface area contributed by atoms with Crippen LogP contribution in [-0.4, -0.2) is 51.5 Å². The first kappa shape index (κ1) is 29.8. The number of sulfonamides is 1. The highest BCUT2D eigenvalue weighted by molar-refractivity contribution is 7.90. The lowest BCUT2D eigenvalue weighted by molar-refractivity contribution is 0.0971. The van der Waals surface area contributed by atoms with Gasteiger partial charge in [-0.25, -0.2) is 13.1 Å². The van der Waals surface area contributed by atoms with Crippen molar-refractivity contribution in [3.05, 3.63) is 71.3 Å². The van der Waals surface area contributed by atoms with E-state index in [1.54, 1.807) is 6.07 Å². The molecule has 2 aromatic carbocycles. The molecule has 7 nitrogen and oxygen atoms in total. The number of allylic oxidation sites excluding steroid dienone is 2. The van der Waals surface area contributed by atoms with Crippen LogP contribution in [0.1, 0.15) is 92.6 Å². The number of fused-ring (bicyclic) bond motifs is 4. The van der Waals surface area contributed by atoms with Crippen molar-refractivity contribution in [2.24, 2.45) is 11.8 Å². The molecule has 1 amide bonds. The molecule has 6 atom stereocenters. The molecule has 236 valence electrons. The highest BCUT2D eigenvalue weighted by atomic mass is 32.2. The summed E-state index contributed by atoms with van der Waals surface area (Å²) in [7, 11) is -3.91. The largest absolute Gasteiger partial charge is 0.490 e. The van der Waals surface area contributed by atoms with Crippen LogP contribution in [0.15, 0.2) is 54.6 Å². The van der Waals surface area contributed by atoms with E-state index in [0.29, 0.717) is 49.9 Å². The van der Waals surface area contributed by atoms with Gasteiger partial charge in [-0.2, -0.15) is 0 Å². The molecule has 44 heavy (non-hydrogen) atoms. The molecule has 3 aliphatic heterocycles. The fourth-order valence-corrected chi connectivity index (χ4v) is 10.0. The quantitative estimate of drug-likeness (QED) is 0.397. The van der Waals surface area contributed by atoms with Crippen LogP contribution < -0.4 is 14.4 Å². The van der Waals surface area contributed by atoms with E-state index < -0.39 is 21.2 Å². The van der Waals surface area contributed by atoms with Gasteiger partial charge in [-0.3, -0.25) is 4.79 Å². The van der Waals surface area contributed by atoms with E-state index >= 15 is 0 Å². The molecule has 0 radical (unpaired) electrons. The number of nitrogens with zero attached hydrogens (tertiary/aromatic N) is 1. The van der Waals surface area contributed by atoms with Gasteiger partial charge in [0.1, 0.15) is 5.75 Å². The first-order valence-corrected chi connectivity index (χ1v) is 18.3. The van der Waals surface area contributed by atoms with Gasteiger partial charge in [0, 0.05) is 30.2 Å². The molecule has 8 heteroatoms. The predicted molar refractivity (Wildman–Crippen MR) is 173 cm³/mol. The zero-order valence-electron chi connectivity index (χ0n) is 25.9. The fraction of sp³-hybridized carbons (Fsp3) is 0.583. The Morgan fingerprint density at radius 2 is 1.93 bits per heavy atom. The van der Waals surface area contributed by atoms with Gasteiger partial charge in [0.2, 0.25) is 10.0 Å². The van der Waals surface area contributed by atoms with E-state index in [9.17, 15) is 13.2 Å². The van der Waals surface area contributed by atoms with E-state index in [1.165, 1.54) is 24.0 Å². The third-order valence-corrected chi connectivity index (χ3v) is 13.0. The lowest BCUT2D eigenvalue weighted by atomic mass is 9.66. The lowest BCUT2D eigenvalue weighted by Gasteiger charge is -2.48. The van der Waals surface area contributed by atoms with Gasteiger partial charge in [-0.05, 0) is 119 Å². The van der Waals surface area contributed by atoms with Crippen LogP contribution in [-0.2, 0) is 26.6 Å². The molecule has 2 bridgehead atoms. The molecule has 2 aromatic rings. The monoisotopic (exact) mass is 618 g/mol. The number of aryl methyl sites for hydroxylation is 1. The average molecular weight is 619 g/mol. The van der Waals surface area contributed by atoms with Gasteiger partial charge in [0.25, 0.3) is 5.91 Å². The number of hydrogen-bond donors (Lipinski definition) is 1. The number of carbonyl (C=O) groups excluding carboxylic acids is 1. The molecule has 1 N–H and O–H groups in total. The van der Waals surface area contributed by atoms with E-state index in [1.807, 2.05) is 12.1 Å².